The maximum atomic E-state index is 11.7. The average Bonchev–Trinajstić information content (AvgIpc) is 2.76. The Bertz CT molecular complexity index is 401. The van der Waals surface area contributed by atoms with Crippen molar-refractivity contribution in [3.8, 4) is 0 Å². The molecule has 0 spiro atoms. The van der Waals surface area contributed by atoms with Gasteiger partial charge in [-0.3, -0.25) is 4.79 Å². The smallest absolute Gasteiger partial charge is 0.357 e. The summed E-state index contributed by atoms with van der Waals surface area (Å²) in [5.41, 5.74) is 1.40. The molecule has 1 amide bonds. The Labute approximate surface area is 103 Å². The first-order chi connectivity index (χ1) is 8.10. The number of aromatic nitrogens is 1. The van der Waals surface area contributed by atoms with Crippen molar-refractivity contribution in [3.05, 3.63) is 11.2 Å². The van der Waals surface area contributed by atoms with E-state index in [1.165, 1.54) is 16.8 Å². The lowest BCUT2D eigenvalue weighted by atomic mass is 10.4. The molecule has 1 aromatic heterocycles. The Morgan fingerprint density at radius 1 is 1.47 bits per heavy atom. The first-order valence-corrected chi connectivity index (χ1v) is 6.16. The third-order valence-corrected chi connectivity index (χ3v) is 3.07. The van der Waals surface area contributed by atoms with Gasteiger partial charge in [-0.2, -0.15) is 0 Å². The molecule has 1 aromatic rings. The van der Waals surface area contributed by atoms with Crippen LogP contribution in [0.5, 0.6) is 0 Å². The van der Waals surface area contributed by atoms with Gasteiger partial charge in [0, 0.05) is 13.1 Å². The number of nitrogens with one attached hydrogen (secondary N) is 1. The molecule has 0 saturated carbocycles. The molecule has 94 valence electrons. The van der Waals surface area contributed by atoms with E-state index in [9.17, 15) is 9.59 Å². The molecular weight excluding hydrogens is 242 g/mol. The van der Waals surface area contributed by atoms with Crippen LogP contribution in [0.1, 0.15) is 24.3 Å². The maximum absolute atomic E-state index is 11.7. The number of hydrogen-bond acceptors (Lipinski definition) is 5. The highest BCUT2D eigenvalue weighted by Gasteiger charge is 2.15. The molecule has 0 fully saturated rings. The van der Waals surface area contributed by atoms with Crippen LogP contribution in [0.2, 0.25) is 0 Å². The molecule has 17 heavy (non-hydrogen) atoms. The normalized spacial score (nSPS) is 10.0. The molecular formula is C10H15N3O3S. The van der Waals surface area contributed by atoms with Gasteiger partial charge in [-0.15, -0.1) is 11.3 Å². The molecule has 7 heteroatoms. The summed E-state index contributed by atoms with van der Waals surface area (Å²) in [6.07, 6.45) is 0. The van der Waals surface area contributed by atoms with Crippen molar-refractivity contribution in [3.63, 3.8) is 0 Å². The molecule has 0 radical (unpaired) electrons. The number of likely N-dealkylation sites (N-methyl/N-ethyl adjacent to an activating group) is 1. The molecule has 0 aromatic carbocycles. The van der Waals surface area contributed by atoms with Crippen LogP contribution in [0.25, 0.3) is 0 Å². The standard InChI is InChI=1S/C10H15N3O3S/c1-3-13(4-2)7(14)5-11-9-8(10(15)16)12-6-17-9/h6,11H,3-5H2,1-2H3,(H,15,16). The fourth-order valence-corrected chi connectivity index (χ4v) is 2.04. The predicted molar refractivity (Wildman–Crippen MR) is 65.5 cm³/mol. The highest BCUT2D eigenvalue weighted by atomic mass is 32.1. The van der Waals surface area contributed by atoms with Crippen molar-refractivity contribution in [1.82, 2.24) is 9.88 Å². The van der Waals surface area contributed by atoms with Crippen molar-refractivity contribution in [2.75, 3.05) is 25.0 Å². The van der Waals surface area contributed by atoms with E-state index in [4.69, 9.17) is 5.11 Å². The van der Waals surface area contributed by atoms with Gasteiger partial charge in [0.2, 0.25) is 5.91 Å². The Morgan fingerprint density at radius 3 is 2.65 bits per heavy atom. The second kappa shape index (κ2) is 6.19. The number of nitrogens with zero attached hydrogens (tertiary/aromatic N) is 2. The number of carbonyl (C=O) groups is 2. The van der Waals surface area contributed by atoms with Crippen molar-refractivity contribution >= 4 is 28.2 Å². The largest absolute Gasteiger partial charge is 0.476 e. The summed E-state index contributed by atoms with van der Waals surface area (Å²) in [5, 5.41) is 12.1. The van der Waals surface area contributed by atoms with Gasteiger partial charge < -0.3 is 15.3 Å². The molecule has 0 unspecified atom stereocenters. The van der Waals surface area contributed by atoms with Crippen LogP contribution in [0.3, 0.4) is 0 Å². The Morgan fingerprint density at radius 2 is 2.12 bits per heavy atom. The fourth-order valence-electron chi connectivity index (χ4n) is 1.37. The van der Waals surface area contributed by atoms with Crippen LogP contribution in [0.4, 0.5) is 5.00 Å². The summed E-state index contributed by atoms with van der Waals surface area (Å²) in [6, 6.07) is 0. The van der Waals surface area contributed by atoms with E-state index >= 15 is 0 Å². The number of carbonyl (C=O) groups excluding carboxylic acids is 1. The van der Waals surface area contributed by atoms with Gasteiger partial charge in [0.05, 0.1) is 12.1 Å². The average molecular weight is 257 g/mol. The number of aromatic carboxylic acids is 1. The molecule has 6 nitrogen and oxygen atoms in total. The Balaban J connectivity index is 2.58. The monoisotopic (exact) mass is 257 g/mol. The summed E-state index contributed by atoms with van der Waals surface area (Å²) in [6.45, 7) is 5.18. The second-order valence-corrected chi connectivity index (χ2v) is 4.11. The van der Waals surface area contributed by atoms with Gasteiger partial charge in [-0.05, 0) is 13.8 Å². The predicted octanol–water partition coefficient (Wildman–Crippen LogP) is 1.12. The molecule has 0 atom stereocenters. The molecule has 0 saturated heterocycles. The molecule has 0 bridgehead atoms. The number of anilines is 1. The van der Waals surface area contributed by atoms with Gasteiger partial charge in [0.25, 0.3) is 0 Å². The van der Waals surface area contributed by atoms with Crippen LogP contribution in [-0.2, 0) is 4.79 Å². The number of rotatable bonds is 6. The second-order valence-electron chi connectivity index (χ2n) is 3.25. The summed E-state index contributed by atoms with van der Waals surface area (Å²) in [4.78, 5) is 27.8. The number of carboxylic acid groups (broad SMARTS) is 1. The van der Waals surface area contributed by atoms with E-state index in [0.29, 0.717) is 18.1 Å². The number of thiazole rings is 1. The van der Waals surface area contributed by atoms with Crippen molar-refractivity contribution in [2.24, 2.45) is 0 Å². The van der Waals surface area contributed by atoms with E-state index < -0.39 is 5.97 Å². The maximum Gasteiger partial charge on any atom is 0.357 e. The third-order valence-electron chi connectivity index (χ3n) is 2.29. The lowest BCUT2D eigenvalue weighted by Crippen LogP contribution is -2.35. The fraction of sp³-hybridized carbons (Fsp3) is 0.500. The SMILES string of the molecule is CCN(CC)C(=O)CNc1scnc1C(=O)O. The summed E-state index contributed by atoms with van der Waals surface area (Å²) >= 11 is 1.17. The van der Waals surface area contributed by atoms with E-state index in [-0.39, 0.29) is 18.1 Å². The van der Waals surface area contributed by atoms with Crippen molar-refractivity contribution in [1.29, 1.82) is 0 Å². The van der Waals surface area contributed by atoms with Gasteiger partial charge >= 0.3 is 5.97 Å². The van der Waals surface area contributed by atoms with Gasteiger partial charge in [-0.25, -0.2) is 9.78 Å². The number of hydrogen-bond donors (Lipinski definition) is 2. The third kappa shape index (κ3) is 3.42. The van der Waals surface area contributed by atoms with Crippen LogP contribution >= 0.6 is 11.3 Å². The molecule has 0 aliphatic rings. The van der Waals surface area contributed by atoms with E-state index in [2.05, 4.69) is 10.3 Å². The van der Waals surface area contributed by atoms with Gasteiger partial charge in [0.15, 0.2) is 5.69 Å². The first-order valence-electron chi connectivity index (χ1n) is 5.28. The minimum absolute atomic E-state index is 0.0395. The minimum atomic E-state index is -1.09. The van der Waals surface area contributed by atoms with E-state index in [1.54, 1.807) is 4.90 Å². The zero-order valence-corrected chi connectivity index (χ0v) is 10.6. The summed E-state index contributed by atoms with van der Waals surface area (Å²) in [5.74, 6) is -1.15. The van der Waals surface area contributed by atoms with Gasteiger partial charge in [0.1, 0.15) is 5.00 Å². The van der Waals surface area contributed by atoms with Crippen molar-refractivity contribution in [2.45, 2.75) is 13.8 Å². The Kier molecular flexibility index (Phi) is 4.89. The highest BCUT2D eigenvalue weighted by Crippen LogP contribution is 2.19. The number of amides is 1. The van der Waals surface area contributed by atoms with Crippen LogP contribution in [0.15, 0.2) is 5.51 Å². The van der Waals surface area contributed by atoms with Crippen LogP contribution < -0.4 is 5.32 Å². The van der Waals surface area contributed by atoms with E-state index in [1.807, 2.05) is 13.8 Å². The van der Waals surface area contributed by atoms with Crippen molar-refractivity contribution < 1.29 is 14.7 Å². The molecule has 0 aliphatic heterocycles. The summed E-state index contributed by atoms with van der Waals surface area (Å²) in [7, 11) is 0. The summed E-state index contributed by atoms with van der Waals surface area (Å²) < 4.78 is 0. The highest BCUT2D eigenvalue weighted by molar-refractivity contribution is 7.14. The molecule has 1 rings (SSSR count). The van der Waals surface area contributed by atoms with Gasteiger partial charge in [-0.1, -0.05) is 0 Å². The van der Waals surface area contributed by atoms with Crippen LogP contribution in [-0.4, -0.2) is 46.5 Å². The Hall–Kier alpha value is -1.63. The zero-order chi connectivity index (χ0) is 12.8. The van der Waals surface area contributed by atoms with E-state index in [0.717, 1.165) is 0 Å². The zero-order valence-electron chi connectivity index (χ0n) is 9.77. The number of carboxylic acids is 1. The molecule has 0 aliphatic carbocycles. The molecule has 1 heterocycles. The lowest BCUT2D eigenvalue weighted by molar-refractivity contribution is -0.128. The quantitative estimate of drug-likeness (QED) is 0.798. The first kappa shape index (κ1) is 13.4. The molecule has 2 N–H and O–H groups in total. The lowest BCUT2D eigenvalue weighted by Gasteiger charge is -2.18. The minimum Gasteiger partial charge on any atom is -0.476 e. The topological polar surface area (TPSA) is 82.5 Å². The van der Waals surface area contributed by atoms with Crippen LogP contribution in [0, 0.1) is 0 Å².